The monoisotopic (exact) mass is 308 g/mol. The summed E-state index contributed by atoms with van der Waals surface area (Å²) < 4.78 is 27.1. The predicted octanol–water partition coefficient (Wildman–Crippen LogP) is 2.45. The Hall–Kier alpha value is -1.17. The fourth-order valence-corrected chi connectivity index (χ4v) is 4.10. The van der Waals surface area contributed by atoms with Crippen LogP contribution < -0.4 is 5.32 Å². The van der Waals surface area contributed by atoms with E-state index in [-0.39, 0.29) is 0 Å². The van der Waals surface area contributed by atoms with Gasteiger partial charge in [-0.15, -0.1) is 0 Å². The summed E-state index contributed by atoms with van der Waals surface area (Å²) in [6.07, 6.45) is 5.81. The van der Waals surface area contributed by atoms with Gasteiger partial charge in [0, 0.05) is 19.6 Å². The number of nitrogens with zero attached hydrogens (tertiary/aromatic N) is 1. The van der Waals surface area contributed by atoms with Crippen LogP contribution in [0, 0.1) is 6.92 Å². The maximum Gasteiger partial charge on any atom is 0.243 e. The zero-order chi connectivity index (χ0) is 15.3. The smallest absolute Gasteiger partial charge is 0.243 e. The Morgan fingerprint density at radius 1 is 1.29 bits per heavy atom. The topological polar surface area (TPSA) is 49.4 Å². The molecule has 1 aromatic carbocycles. The highest BCUT2D eigenvalue weighted by Gasteiger charge is 2.26. The highest BCUT2D eigenvalue weighted by atomic mass is 32.2. The van der Waals surface area contributed by atoms with Gasteiger partial charge >= 0.3 is 0 Å². The van der Waals surface area contributed by atoms with Gasteiger partial charge < -0.3 is 5.32 Å². The Kier molecular flexibility index (Phi) is 5.56. The van der Waals surface area contributed by atoms with E-state index in [9.17, 15) is 8.42 Å². The molecule has 0 saturated heterocycles. The van der Waals surface area contributed by atoms with E-state index in [0.29, 0.717) is 24.5 Å². The molecule has 4 nitrogen and oxygen atoms in total. The molecule has 5 heteroatoms. The van der Waals surface area contributed by atoms with E-state index in [1.807, 2.05) is 37.3 Å². The van der Waals surface area contributed by atoms with E-state index < -0.39 is 10.0 Å². The standard InChI is InChI=1S/C16H24N2O2S/c1-3-9-17-13-15-8-7-14(2)16(12-15)21(19,20)18-10-5-4-6-11-18/h4-5,7-8,12,17H,3,6,9-11,13H2,1-2H3. The Bertz CT molecular complexity index is 609. The Labute approximate surface area is 127 Å². The zero-order valence-corrected chi connectivity index (χ0v) is 13.6. The van der Waals surface area contributed by atoms with Crippen LogP contribution in [0.2, 0.25) is 0 Å². The van der Waals surface area contributed by atoms with Gasteiger partial charge in [0.15, 0.2) is 0 Å². The summed E-state index contributed by atoms with van der Waals surface area (Å²) in [6.45, 7) is 6.65. The highest BCUT2D eigenvalue weighted by Crippen LogP contribution is 2.22. The van der Waals surface area contributed by atoms with Gasteiger partial charge in [0.05, 0.1) is 4.90 Å². The molecular formula is C16H24N2O2S. The lowest BCUT2D eigenvalue weighted by Crippen LogP contribution is -2.34. The minimum absolute atomic E-state index is 0.439. The summed E-state index contributed by atoms with van der Waals surface area (Å²) in [5, 5.41) is 3.31. The van der Waals surface area contributed by atoms with Crippen LogP contribution in [0.1, 0.15) is 30.9 Å². The van der Waals surface area contributed by atoms with Gasteiger partial charge in [0.1, 0.15) is 0 Å². The number of rotatable bonds is 6. The largest absolute Gasteiger partial charge is 0.313 e. The van der Waals surface area contributed by atoms with Gasteiger partial charge in [-0.2, -0.15) is 4.31 Å². The van der Waals surface area contributed by atoms with Crippen molar-refractivity contribution in [2.45, 2.75) is 38.1 Å². The van der Waals surface area contributed by atoms with Crippen molar-refractivity contribution in [3.05, 3.63) is 41.5 Å². The molecule has 0 amide bonds. The molecule has 2 rings (SSSR count). The lowest BCUT2D eigenvalue weighted by atomic mass is 10.1. The second kappa shape index (κ2) is 7.20. The van der Waals surface area contributed by atoms with Crippen LogP contribution in [-0.4, -0.2) is 32.4 Å². The van der Waals surface area contributed by atoms with E-state index in [1.165, 1.54) is 0 Å². The summed E-state index contributed by atoms with van der Waals surface area (Å²) in [5.41, 5.74) is 1.82. The number of sulfonamides is 1. The SMILES string of the molecule is CCCNCc1ccc(C)c(S(=O)(=O)N2CC=CCC2)c1. The summed E-state index contributed by atoms with van der Waals surface area (Å²) in [4.78, 5) is 0.439. The van der Waals surface area contributed by atoms with Crippen molar-refractivity contribution in [2.75, 3.05) is 19.6 Å². The first-order valence-electron chi connectivity index (χ1n) is 7.51. The van der Waals surface area contributed by atoms with Gasteiger partial charge in [-0.3, -0.25) is 0 Å². The maximum absolute atomic E-state index is 12.8. The molecule has 116 valence electrons. The van der Waals surface area contributed by atoms with Crippen molar-refractivity contribution in [1.82, 2.24) is 9.62 Å². The fourth-order valence-electron chi connectivity index (χ4n) is 2.42. The average molecular weight is 308 g/mol. The molecule has 1 aliphatic heterocycles. The van der Waals surface area contributed by atoms with Crippen molar-refractivity contribution in [3.63, 3.8) is 0 Å². The van der Waals surface area contributed by atoms with E-state index in [0.717, 1.165) is 30.5 Å². The van der Waals surface area contributed by atoms with Crippen molar-refractivity contribution in [2.24, 2.45) is 0 Å². The van der Waals surface area contributed by atoms with E-state index >= 15 is 0 Å². The number of hydrogen-bond acceptors (Lipinski definition) is 3. The lowest BCUT2D eigenvalue weighted by molar-refractivity contribution is 0.437. The molecule has 0 atom stereocenters. The molecule has 0 fully saturated rings. The molecular weight excluding hydrogens is 284 g/mol. The van der Waals surface area contributed by atoms with E-state index in [1.54, 1.807) is 4.31 Å². The molecule has 21 heavy (non-hydrogen) atoms. The maximum atomic E-state index is 12.8. The second-order valence-corrected chi connectivity index (χ2v) is 7.31. The van der Waals surface area contributed by atoms with Crippen LogP contribution >= 0.6 is 0 Å². The first-order valence-corrected chi connectivity index (χ1v) is 8.95. The third-order valence-electron chi connectivity index (χ3n) is 3.65. The molecule has 0 aliphatic carbocycles. The first kappa shape index (κ1) is 16.2. The molecule has 0 saturated carbocycles. The van der Waals surface area contributed by atoms with Gasteiger partial charge in [-0.1, -0.05) is 31.2 Å². The van der Waals surface area contributed by atoms with Gasteiger partial charge in [-0.05, 0) is 43.5 Å². The van der Waals surface area contributed by atoms with Crippen LogP contribution in [0.5, 0.6) is 0 Å². The summed E-state index contributed by atoms with van der Waals surface area (Å²) >= 11 is 0. The molecule has 0 bridgehead atoms. The van der Waals surface area contributed by atoms with Crippen molar-refractivity contribution in [1.29, 1.82) is 0 Å². The summed E-state index contributed by atoms with van der Waals surface area (Å²) in [7, 11) is -3.39. The molecule has 1 N–H and O–H groups in total. The predicted molar refractivity (Wildman–Crippen MR) is 85.7 cm³/mol. The Morgan fingerprint density at radius 3 is 2.76 bits per heavy atom. The summed E-state index contributed by atoms with van der Waals surface area (Å²) in [5.74, 6) is 0. The lowest BCUT2D eigenvalue weighted by Gasteiger charge is -2.24. The fraction of sp³-hybridized carbons (Fsp3) is 0.500. The van der Waals surface area contributed by atoms with Crippen molar-refractivity contribution in [3.8, 4) is 0 Å². The Balaban J connectivity index is 2.24. The molecule has 1 aliphatic rings. The van der Waals surface area contributed by atoms with Gasteiger partial charge in [0.25, 0.3) is 0 Å². The Morgan fingerprint density at radius 2 is 2.10 bits per heavy atom. The minimum Gasteiger partial charge on any atom is -0.313 e. The molecule has 1 aromatic rings. The van der Waals surface area contributed by atoms with Gasteiger partial charge in [-0.25, -0.2) is 8.42 Å². The number of nitrogens with one attached hydrogen (secondary N) is 1. The third-order valence-corrected chi connectivity index (χ3v) is 5.65. The number of hydrogen-bond donors (Lipinski definition) is 1. The molecule has 0 unspecified atom stereocenters. The van der Waals surface area contributed by atoms with Crippen LogP contribution in [0.25, 0.3) is 0 Å². The van der Waals surface area contributed by atoms with Crippen LogP contribution in [0.3, 0.4) is 0 Å². The van der Waals surface area contributed by atoms with E-state index in [2.05, 4.69) is 12.2 Å². The second-order valence-electron chi connectivity index (χ2n) is 5.40. The van der Waals surface area contributed by atoms with Crippen molar-refractivity contribution >= 4 is 10.0 Å². The molecule has 0 radical (unpaired) electrons. The van der Waals surface area contributed by atoms with Gasteiger partial charge in [0.2, 0.25) is 10.0 Å². The quantitative estimate of drug-likeness (QED) is 0.649. The van der Waals surface area contributed by atoms with Crippen LogP contribution in [-0.2, 0) is 16.6 Å². The molecule has 0 aromatic heterocycles. The average Bonchev–Trinajstić information content (AvgIpc) is 2.50. The normalized spacial score (nSPS) is 16.3. The van der Waals surface area contributed by atoms with Crippen LogP contribution in [0.15, 0.2) is 35.2 Å². The molecule has 0 spiro atoms. The summed E-state index contributed by atoms with van der Waals surface area (Å²) in [6, 6.07) is 5.70. The first-order chi connectivity index (χ1) is 10.1. The minimum atomic E-state index is -3.39. The third kappa shape index (κ3) is 3.93. The van der Waals surface area contributed by atoms with Crippen molar-refractivity contribution < 1.29 is 8.42 Å². The van der Waals surface area contributed by atoms with E-state index in [4.69, 9.17) is 0 Å². The van der Waals surface area contributed by atoms with Crippen LogP contribution in [0.4, 0.5) is 0 Å². The zero-order valence-electron chi connectivity index (χ0n) is 12.8. The highest BCUT2D eigenvalue weighted by molar-refractivity contribution is 7.89. The number of aryl methyl sites for hydroxylation is 1. The molecule has 1 heterocycles. The number of benzene rings is 1.